The Labute approximate surface area is 266 Å². The number of rotatable bonds is 12. The Morgan fingerprint density at radius 2 is 1.42 bits per heavy atom. The number of ether oxygens (including phenoxy) is 1. The topological polar surface area (TPSA) is 96.0 Å². The molecule has 0 heterocycles. The summed E-state index contributed by atoms with van der Waals surface area (Å²) in [4.78, 5) is 30.0. The highest BCUT2D eigenvalue weighted by molar-refractivity contribution is 7.92. The van der Waals surface area contributed by atoms with Crippen LogP contribution in [0.2, 0.25) is 0 Å². The van der Waals surface area contributed by atoms with E-state index in [1.54, 1.807) is 42.5 Å². The Morgan fingerprint density at radius 1 is 0.822 bits per heavy atom. The Kier molecular flexibility index (Phi) is 10.7. The maximum absolute atomic E-state index is 14.5. The van der Waals surface area contributed by atoms with E-state index in [9.17, 15) is 18.0 Å². The monoisotopic (exact) mass is 627 g/mol. The molecule has 1 N–H and O–H groups in total. The number of hydrogen-bond acceptors (Lipinski definition) is 5. The van der Waals surface area contributed by atoms with Crippen LogP contribution in [0.4, 0.5) is 5.69 Å². The average Bonchev–Trinajstić information content (AvgIpc) is 3.01. The third-order valence-corrected chi connectivity index (χ3v) is 8.96. The number of aryl methyl sites for hydroxylation is 1. The molecule has 0 fully saturated rings. The van der Waals surface area contributed by atoms with Gasteiger partial charge in [0.15, 0.2) is 0 Å². The second-order valence-corrected chi connectivity index (χ2v) is 13.8. The molecule has 0 saturated carbocycles. The van der Waals surface area contributed by atoms with Gasteiger partial charge in [0.25, 0.3) is 10.0 Å². The molecule has 4 aromatic carbocycles. The van der Waals surface area contributed by atoms with Crippen molar-refractivity contribution in [2.45, 2.75) is 57.1 Å². The highest BCUT2D eigenvalue weighted by Crippen LogP contribution is 2.26. The molecular weight excluding hydrogens is 586 g/mol. The van der Waals surface area contributed by atoms with Crippen LogP contribution in [0.3, 0.4) is 0 Å². The van der Waals surface area contributed by atoms with Crippen LogP contribution < -0.4 is 14.4 Å². The van der Waals surface area contributed by atoms with Crippen LogP contribution in [0, 0.1) is 6.92 Å². The van der Waals surface area contributed by atoms with Crippen LogP contribution in [-0.2, 0) is 32.6 Å². The molecule has 2 amide bonds. The molecule has 236 valence electrons. The number of nitrogens with zero attached hydrogens (tertiary/aromatic N) is 2. The first-order valence-electron chi connectivity index (χ1n) is 14.8. The number of amides is 2. The summed E-state index contributed by atoms with van der Waals surface area (Å²) in [6.45, 7) is 7.21. The molecular formula is C36H41N3O5S. The maximum Gasteiger partial charge on any atom is 0.264 e. The summed E-state index contributed by atoms with van der Waals surface area (Å²) in [5, 5.41) is 3.05. The van der Waals surface area contributed by atoms with Crippen molar-refractivity contribution in [2.75, 3.05) is 18.0 Å². The molecule has 4 aromatic rings. The fourth-order valence-corrected chi connectivity index (χ4v) is 6.43. The number of carbonyl (C=O) groups is 2. The van der Waals surface area contributed by atoms with E-state index < -0.39 is 34.1 Å². The zero-order chi connectivity index (χ0) is 32.6. The predicted molar refractivity (Wildman–Crippen MR) is 178 cm³/mol. The molecule has 4 rings (SSSR count). The van der Waals surface area contributed by atoms with Crippen molar-refractivity contribution in [3.05, 3.63) is 126 Å². The smallest absolute Gasteiger partial charge is 0.264 e. The molecule has 0 radical (unpaired) electrons. The van der Waals surface area contributed by atoms with Crippen LogP contribution in [0.15, 0.2) is 114 Å². The molecule has 9 heteroatoms. The van der Waals surface area contributed by atoms with Gasteiger partial charge in [0.1, 0.15) is 18.3 Å². The van der Waals surface area contributed by atoms with Crippen molar-refractivity contribution >= 4 is 27.5 Å². The normalized spacial score (nSPS) is 12.2. The van der Waals surface area contributed by atoms with E-state index in [4.69, 9.17) is 4.74 Å². The van der Waals surface area contributed by atoms with Crippen molar-refractivity contribution in [1.29, 1.82) is 0 Å². The number of carbonyl (C=O) groups excluding carboxylic acids is 2. The van der Waals surface area contributed by atoms with Gasteiger partial charge in [0, 0.05) is 18.5 Å². The average molecular weight is 628 g/mol. The maximum atomic E-state index is 14.5. The quantitative estimate of drug-likeness (QED) is 0.216. The molecule has 1 unspecified atom stereocenters. The second kappa shape index (κ2) is 14.4. The molecule has 0 bridgehead atoms. The van der Waals surface area contributed by atoms with Crippen molar-refractivity contribution in [2.24, 2.45) is 0 Å². The van der Waals surface area contributed by atoms with Crippen LogP contribution in [-0.4, -0.2) is 50.4 Å². The molecule has 0 saturated heterocycles. The third-order valence-electron chi connectivity index (χ3n) is 7.18. The lowest BCUT2D eigenvalue weighted by Crippen LogP contribution is -2.56. The van der Waals surface area contributed by atoms with Crippen LogP contribution in [0.5, 0.6) is 5.75 Å². The van der Waals surface area contributed by atoms with Crippen LogP contribution in [0.25, 0.3) is 0 Å². The van der Waals surface area contributed by atoms with Crippen molar-refractivity contribution < 1.29 is 22.7 Å². The van der Waals surface area contributed by atoms with Gasteiger partial charge in [-0.05, 0) is 75.2 Å². The van der Waals surface area contributed by atoms with E-state index in [-0.39, 0.29) is 23.8 Å². The van der Waals surface area contributed by atoms with E-state index in [2.05, 4.69) is 5.32 Å². The lowest BCUT2D eigenvalue weighted by molar-refractivity contribution is -0.140. The molecule has 0 aliphatic carbocycles. The van der Waals surface area contributed by atoms with Crippen LogP contribution >= 0.6 is 0 Å². The van der Waals surface area contributed by atoms with Gasteiger partial charge < -0.3 is 15.0 Å². The summed E-state index contributed by atoms with van der Waals surface area (Å²) in [5.41, 5.74) is 2.48. The van der Waals surface area contributed by atoms with Gasteiger partial charge in [-0.1, -0.05) is 78.4 Å². The number of methoxy groups -OCH3 is 1. The highest BCUT2D eigenvalue weighted by atomic mass is 32.2. The van der Waals surface area contributed by atoms with Crippen molar-refractivity contribution in [3.8, 4) is 5.75 Å². The summed E-state index contributed by atoms with van der Waals surface area (Å²) < 4.78 is 34.5. The molecule has 45 heavy (non-hydrogen) atoms. The lowest BCUT2D eigenvalue weighted by atomic mass is 10.0. The van der Waals surface area contributed by atoms with E-state index in [1.807, 2.05) is 82.3 Å². The first-order chi connectivity index (χ1) is 21.4. The SMILES string of the molecule is COc1ccc(S(=O)(=O)N(CC(=O)N(Cc2cccc(C)c2)C(Cc2ccccc2)C(=O)NC(C)(C)C)c2ccccc2)cc1. The number of hydrogen-bond donors (Lipinski definition) is 1. The summed E-state index contributed by atoms with van der Waals surface area (Å²) >= 11 is 0. The molecule has 8 nitrogen and oxygen atoms in total. The molecule has 0 aliphatic heterocycles. The largest absolute Gasteiger partial charge is 0.497 e. The summed E-state index contributed by atoms with van der Waals surface area (Å²) in [5.74, 6) is -0.326. The van der Waals surface area contributed by atoms with E-state index in [0.717, 1.165) is 21.0 Å². The van der Waals surface area contributed by atoms with Crippen molar-refractivity contribution in [3.63, 3.8) is 0 Å². The first-order valence-corrected chi connectivity index (χ1v) is 16.2. The Bertz CT molecular complexity index is 1690. The van der Waals surface area contributed by atoms with Gasteiger partial charge in [0.05, 0.1) is 17.7 Å². The number of para-hydroxylation sites is 1. The minimum absolute atomic E-state index is 0.0106. The zero-order valence-corrected chi connectivity index (χ0v) is 27.3. The number of anilines is 1. The highest BCUT2D eigenvalue weighted by Gasteiger charge is 2.35. The molecule has 0 aromatic heterocycles. The van der Waals surface area contributed by atoms with Gasteiger partial charge in [-0.3, -0.25) is 13.9 Å². The van der Waals surface area contributed by atoms with Crippen LogP contribution in [0.1, 0.15) is 37.5 Å². The summed E-state index contributed by atoms with van der Waals surface area (Å²) in [6.07, 6.45) is 0.247. The Balaban J connectivity index is 1.80. The molecule has 1 atom stereocenters. The third kappa shape index (κ3) is 8.95. The van der Waals surface area contributed by atoms with Gasteiger partial charge in [0.2, 0.25) is 11.8 Å². The zero-order valence-electron chi connectivity index (χ0n) is 26.4. The van der Waals surface area contributed by atoms with Gasteiger partial charge in [-0.25, -0.2) is 8.42 Å². The predicted octanol–water partition coefficient (Wildman–Crippen LogP) is 5.75. The van der Waals surface area contributed by atoms with Gasteiger partial charge in [-0.2, -0.15) is 0 Å². The Hall–Kier alpha value is -4.63. The van der Waals surface area contributed by atoms with E-state index in [0.29, 0.717) is 11.4 Å². The van der Waals surface area contributed by atoms with E-state index >= 15 is 0 Å². The van der Waals surface area contributed by atoms with Gasteiger partial charge >= 0.3 is 0 Å². The summed E-state index contributed by atoms with van der Waals surface area (Å²) in [6, 6.07) is 30.8. The number of benzene rings is 4. The second-order valence-electron chi connectivity index (χ2n) is 12.0. The lowest BCUT2D eigenvalue weighted by Gasteiger charge is -2.35. The van der Waals surface area contributed by atoms with E-state index in [1.165, 1.54) is 24.1 Å². The number of sulfonamides is 1. The minimum Gasteiger partial charge on any atom is -0.497 e. The summed E-state index contributed by atoms with van der Waals surface area (Å²) in [7, 11) is -2.69. The fourth-order valence-electron chi connectivity index (χ4n) is 5.01. The fraction of sp³-hybridized carbons (Fsp3) is 0.278. The standard InChI is InChI=1S/C36H41N3O5S/c1-27-13-12-16-29(23-27)25-38(33(35(41)37-36(2,3)4)24-28-14-8-6-9-15-28)34(40)26-39(30-17-10-7-11-18-30)45(42,43)32-21-19-31(44-5)20-22-32/h6-23,33H,24-26H2,1-5H3,(H,37,41). The first kappa shape index (κ1) is 33.3. The minimum atomic E-state index is -4.19. The van der Waals surface area contributed by atoms with Crippen molar-refractivity contribution in [1.82, 2.24) is 10.2 Å². The Morgan fingerprint density at radius 3 is 2.00 bits per heavy atom. The molecule has 0 aliphatic rings. The number of nitrogens with one attached hydrogen (secondary N) is 1. The van der Waals surface area contributed by atoms with Gasteiger partial charge in [-0.15, -0.1) is 0 Å². The molecule has 0 spiro atoms.